The van der Waals surface area contributed by atoms with E-state index in [1.54, 1.807) is 6.08 Å². The topological polar surface area (TPSA) is 151 Å². The van der Waals surface area contributed by atoms with Crippen LogP contribution in [0.1, 0.15) is 239 Å². The highest BCUT2D eigenvalue weighted by Crippen LogP contribution is 2.43. The molecule has 0 aliphatic rings. The van der Waals surface area contributed by atoms with Crippen LogP contribution in [-0.2, 0) is 18.4 Å². The molecule has 10 heteroatoms. The third kappa shape index (κ3) is 41.7. The third-order valence-corrected chi connectivity index (χ3v) is 12.1. The molecule has 0 aromatic rings. The van der Waals surface area contributed by atoms with Gasteiger partial charge in [0.1, 0.15) is 0 Å². The van der Waals surface area contributed by atoms with Gasteiger partial charge in [0.05, 0.1) is 37.9 Å². The Balaban J connectivity index is 4.22. The average Bonchev–Trinajstić information content (AvgIpc) is 3.20. The zero-order valence-electron chi connectivity index (χ0n) is 37.9. The highest BCUT2D eigenvalue weighted by atomic mass is 31.2. The molecule has 58 heavy (non-hydrogen) atoms. The van der Waals surface area contributed by atoms with Crippen LogP contribution < -0.4 is 11.1 Å². The first-order valence-electron chi connectivity index (χ1n) is 24.5. The van der Waals surface area contributed by atoms with E-state index < -0.39 is 38.6 Å². The molecule has 0 fully saturated rings. The number of unbranched alkanes of at least 4 members (excludes halogenated alkanes) is 30. The zero-order valence-corrected chi connectivity index (χ0v) is 38.8. The molecule has 0 aromatic carbocycles. The Morgan fingerprint density at radius 3 is 1.38 bits per heavy atom. The van der Waals surface area contributed by atoms with Crippen LogP contribution in [0, 0.1) is 0 Å². The van der Waals surface area contributed by atoms with Gasteiger partial charge in [-0.05, 0) is 44.9 Å². The summed E-state index contributed by atoms with van der Waals surface area (Å²) >= 11 is 0. The van der Waals surface area contributed by atoms with E-state index in [-0.39, 0.29) is 19.6 Å². The maximum absolute atomic E-state index is 12.8. The van der Waals surface area contributed by atoms with Crippen molar-refractivity contribution in [2.75, 3.05) is 19.8 Å². The third-order valence-electron chi connectivity index (χ3n) is 11.1. The molecule has 0 aliphatic heterocycles. The smallest absolute Gasteiger partial charge is 0.393 e. The van der Waals surface area contributed by atoms with Crippen molar-refractivity contribution in [2.24, 2.45) is 5.73 Å². The molecule has 4 atom stereocenters. The molecule has 0 spiro atoms. The van der Waals surface area contributed by atoms with E-state index in [2.05, 4.69) is 31.3 Å². The summed E-state index contributed by atoms with van der Waals surface area (Å²) < 4.78 is 22.1. The Bertz CT molecular complexity index is 982. The van der Waals surface area contributed by atoms with Gasteiger partial charge in [0.15, 0.2) is 0 Å². The molecule has 0 saturated heterocycles. The maximum atomic E-state index is 12.8. The first-order valence-corrected chi connectivity index (χ1v) is 26.0. The largest absolute Gasteiger partial charge is 0.472 e. The molecule has 9 nitrogen and oxygen atoms in total. The Hall–Kier alpha value is -1.06. The van der Waals surface area contributed by atoms with Gasteiger partial charge in [0, 0.05) is 6.54 Å². The van der Waals surface area contributed by atoms with Gasteiger partial charge in [0.2, 0.25) is 5.91 Å². The van der Waals surface area contributed by atoms with Crippen LogP contribution in [0.5, 0.6) is 0 Å². The number of hydrogen-bond acceptors (Lipinski definition) is 7. The Morgan fingerprint density at radius 2 is 0.966 bits per heavy atom. The van der Waals surface area contributed by atoms with Crippen LogP contribution in [0.25, 0.3) is 0 Å². The molecule has 0 rings (SSSR count). The number of aliphatic hydroxyl groups is 2. The molecule has 0 bridgehead atoms. The van der Waals surface area contributed by atoms with Crippen LogP contribution >= 0.6 is 7.82 Å². The highest BCUT2D eigenvalue weighted by molar-refractivity contribution is 7.47. The molecule has 6 N–H and O–H groups in total. The van der Waals surface area contributed by atoms with Crippen molar-refractivity contribution in [3.8, 4) is 0 Å². The normalized spacial score (nSPS) is 14.7. The van der Waals surface area contributed by atoms with Crippen molar-refractivity contribution >= 4 is 13.7 Å². The van der Waals surface area contributed by atoms with Crippen LogP contribution in [0.3, 0.4) is 0 Å². The number of allylic oxidation sites excluding steroid dienone is 3. The second-order valence-electron chi connectivity index (χ2n) is 16.9. The van der Waals surface area contributed by atoms with E-state index in [4.69, 9.17) is 14.8 Å². The summed E-state index contributed by atoms with van der Waals surface area (Å²) in [5.74, 6) is -0.448. The summed E-state index contributed by atoms with van der Waals surface area (Å²) in [7, 11) is -4.40. The Kier molecular flexibility index (Phi) is 43.2. The summed E-state index contributed by atoms with van der Waals surface area (Å²) in [5.41, 5.74) is 5.37. The fourth-order valence-electron chi connectivity index (χ4n) is 7.35. The van der Waals surface area contributed by atoms with Crippen molar-refractivity contribution < 1.29 is 33.5 Å². The number of aliphatic hydroxyl groups excluding tert-OH is 2. The first-order chi connectivity index (χ1) is 28.3. The lowest BCUT2D eigenvalue weighted by molar-refractivity contribution is -0.124. The highest BCUT2D eigenvalue weighted by Gasteiger charge is 2.27. The number of carbonyl (C=O) groups is 1. The predicted octanol–water partition coefficient (Wildman–Crippen LogP) is 13.1. The molecule has 0 aliphatic carbocycles. The van der Waals surface area contributed by atoms with E-state index >= 15 is 0 Å². The Morgan fingerprint density at radius 1 is 0.586 bits per heavy atom. The molecule has 0 aromatic heterocycles. The SMILES string of the molecule is CCCCCCCCCCCCC/C=C\CCCCCCCC(O)CC(=O)NC(COP(=O)(O)OCCN)C(O)/C=C/CCCCCCCCCCCCCCCC. The molecular formula is C48H95N2O7P. The second-order valence-corrected chi connectivity index (χ2v) is 18.3. The number of hydrogen-bond donors (Lipinski definition) is 5. The van der Waals surface area contributed by atoms with Crippen molar-refractivity contribution in [1.29, 1.82) is 0 Å². The van der Waals surface area contributed by atoms with Gasteiger partial charge in [-0.3, -0.25) is 13.8 Å². The number of nitrogens with one attached hydrogen (secondary N) is 1. The van der Waals surface area contributed by atoms with E-state index in [0.29, 0.717) is 6.42 Å². The van der Waals surface area contributed by atoms with E-state index in [1.165, 1.54) is 161 Å². The molecule has 344 valence electrons. The van der Waals surface area contributed by atoms with Gasteiger partial charge in [-0.1, -0.05) is 212 Å². The molecule has 4 unspecified atom stereocenters. The summed E-state index contributed by atoms with van der Waals surface area (Å²) in [6, 6.07) is -0.983. The fraction of sp³-hybridized carbons (Fsp3) is 0.896. The van der Waals surface area contributed by atoms with Gasteiger partial charge in [-0.25, -0.2) is 4.57 Å². The van der Waals surface area contributed by atoms with Crippen molar-refractivity contribution in [2.45, 2.75) is 257 Å². The van der Waals surface area contributed by atoms with Crippen molar-refractivity contribution in [3.05, 3.63) is 24.3 Å². The number of carbonyl (C=O) groups excluding carboxylic acids is 1. The first kappa shape index (κ1) is 56.9. The summed E-state index contributed by atoms with van der Waals surface area (Å²) in [4.78, 5) is 22.8. The summed E-state index contributed by atoms with van der Waals surface area (Å²) in [6.45, 7) is 3.99. The van der Waals surface area contributed by atoms with Gasteiger partial charge >= 0.3 is 7.82 Å². The summed E-state index contributed by atoms with van der Waals surface area (Å²) in [6.07, 6.45) is 48.4. The van der Waals surface area contributed by atoms with Gasteiger partial charge < -0.3 is 26.2 Å². The van der Waals surface area contributed by atoms with E-state index in [9.17, 15) is 24.5 Å². The predicted molar refractivity (Wildman–Crippen MR) is 246 cm³/mol. The second kappa shape index (κ2) is 44.0. The summed E-state index contributed by atoms with van der Waals surface area (Å²) in [5, 5.41) is 24.1. The lowest BCUT2D eigenvalue weighted by Gasteiger charge is -2.24. The number of amides is 1. The van der Waals surface area contributed by atoms with Gasteiger partial charge in [0.25, 0.3) is 0 Å². The lowest BCUT2D eigenvalue weighted by Crippen LogP contribution is -2.46. The number of nitrogens with two attached hydrogens (primary N) is 1. The lowest BCUT2D eigenvalue weighted by atomic mass is 10.0. The number of phosphoric ester groups is 1. The van der Waals surface area contributed by atoms with Gasteiger partial charge in [-0.2, -0.15) is 0 Å². The average molecular weight is 843 g/mol. The Labute approximate surface area is 358 Å². The molecule has 0 heterocycles. The molecule has 0 radical (unpaired) electrons. The standard InChI is InChI=1S/C48H95N2O7P/c1-3-5-7-9-11-13-15-17-19-21-22-23-24-25-27-29-31-33-35-37-39-45(51)43-48(53)50-46(44-57-58(54,55)56-42-41-49)47(52)40-38-36-34-32-30-28-26-20-18-16-14-12-10-8-6-4-2/h24-25,38,40,45-47,51-52H,3-23,26-37,39,41-44,49H2,1-2H3,(H,50,53)(H,54,55)/b25-24-,40-38+. The van der Waals surface area contributed by atoms with Crippen LogP contribution in [-0.4, -0.2) is 59.0 Å². The zero-order chi connectivity index (χ0) is 42.6. The fourth-order valence-corrected chi connectivity index (χ4v) is 8.11. The number of phosphoric acid groups is 1. The van der Waals surface area contributed by atoms with Crippen LogP contribution in [0.15, 0.2) is 24.3 Å². The van der Waals surface area contributed by atoms with Gasteiger partial charge in [-0.15, -0.1) is 0 Å². The van der Waals surface area contributed by atoms with Crippen molar-refractivity contribution in [3.63, 3.8) is 0 Å². The minimum atomic E-state index is -4.40. The minimum Gasteiger partial charge on any atom is -0.393 e. The quantitative estimate of drug-likeness (QED) is 0.0231. The number of rotatable bonds is 46. The molecular weight excluding hydrogens is 748 g/mol. The minimum absolute atomic E-state index is 0.0491. The monoisotopic (exact) mass is 843 g/mol. The van der Waals surface area contributed by atoms with Crippen molar-refractivity contribution in [1.82, 2.24) is 5.32 Å². The molecule has 1 amide bonds. The van der Waals surface area contributed by atoms with Crippen LogP contribution in [0.2, 0.25) is 0 Å². The molecule has 0 saturated carbocycles. The maximum Gasteiger partial charge on any atom is 0.472 e. The van der Waals surface area contributed by atoms with Crippen LogP contribution in [0.4, 0.5) is 0 Å². The van der Waals surface area contributed by atoms with E-state index in [1.807, 2.05) is 6.08 Å². The van der Waals surface area contributed by atoms with E-state index in [0.717, 1.165) is 51.4 Å².